The number of carbonyl (C=O) groups excluding carboxylic acids is 1. The van der Waals surface area contributed by atoms with Crippen molar-refractivity contribution in [2.45, 2.75) is 26.4 Å². The molecule has 28 heavy (non-hydrogen) atoms. The highest BCUT2D eigenvalue weighted by atomic mass is 16.2. The van der Waals surface area contributed by atoms with Gasteiger partial charge in [0.15, 0.2) is 5.82 Å². The molecule has 0 atom stereocenters. The van der Waals surface area contributed by atoms with E-state index < -0.39 is 0 Å². The number of hydrogen-bond donors (Lipinski definition) is 1. The third-order valence-corrected chi connectivity index (χ3v) is 4.13. The number of aromatic nitrogens is 7. The van der Waals surface area contributed by atoms with E-state index in [0.717, 1.165) is 16.8 Å². The van der Waals surface area contributed by atoms with Crippen LogP contribution in [0, 0.1) is 0 Å². The van der Waals surface area contributed by atoms with Crippen molar-refractivity contribution in [3.8, 4) is 16.8 Å². The van der Waals surface area contributed by atoms with Gasteiger partial charge in [-0.05, 0) is 37.6 Å². The van der Waals surface area contributed by atoms with Crippen LogP contribution in [0.4, 0.5) is 5.82 Å². The molecule has 0 bridgehead atoms. The predicted octanol–water partition coefficient (Wildman–Crippen LogP) is 2.55. The van der Waals surface area contributed by atoms with E-state index in [9.17, 15) is 4.79 Å². The summed E-state index contributed by atoms with van der Waals surface area (Å²) in [6.45, 7) is 4.03. The molecular formula is C19H20N8O. The molecule has 0 saturated carbocycles. The van der Waals surface area contributed by atoms with E-state index in [1.54, 1.807) is 26.6 Å². The Labute approximate surface area is 161 Å². The number of hydrogen-bond acceptors (Lipinski definition) is 5. The number of amides is 1. The van der Waals surface area contributed by atoms with Crippen molar-refractivity contribution in [1.29, 1.82) is 0 Å². The molecule has 142 valence electrons. The summed E-state index contributed by atoms with van der Waals surface area (Å²) in [7, 11) is 0. The van der Waals surface area contributed by atoms with Gasteiger partial charge in [-0.25, -0.2) is 4.68 Å². The summed E-state index contributed by atoms with van der Waals surface area (Å²) in [6.07, 6.45) is 8.75. The fourth-order valence-corrected chi connectivity index (χ4v) is 2.76. The summed E-state index contributed by atoms with van der Waals surface area (Å²) in [4.78, 5) is 13.8. The van der Waals surface area contributed by atoms with Crippen LogP contribution < -0.4 is 5.32 Å². The second-order valence-electron chi connectivity index (χ2n) is 6.62. The maximum Gasteiger partial charge on any atom is 0.247 e. The Morgan fingerprint density at radius 2 is 2.00 bits per heavy atom. The molecule has 9 heteroatoms. The normalized spacial score (nSPS) is 11.1. The fourth-order valence-electron chi connectivity index (χ4n) is 2.76. The van der Waals surface area contributed by atoms with Gasteiger partial charge in [-0.3, -0.25) is 9.48 Å². The summed E-state index contributed by atoms with van der Waals surface area (Å²) in [5, 5.41) is 19.6. The van der Waals surface area contributed by atoms with Gasteiger partial charge < -0.3 is 5.32 Å². The third kappa shape index (κ3) is 3.83. The summed E-state index contributed by atoms with van der Waals surface area (Å²) in [5.41, 5.74) is 2.88. The van der Waals surface area contributed by atoms with E-state index in [0.29, 0.717) is 5.82 Å². The topological polar surface area (TPSA) is 95.5 Å². The monoisotopic (exact) mass is 376 g/mol. The van der Waals surface area contributed by atoms with Crippen molar-refractivity contribution >= 4 is 11.7 Å². The van der Waals surface area contributed by atoms with Crippen LogP contribution in [0.3, 0.4) is 0 Å². The van der Waals surface area contributed by atoms with E-state index in [2.05, 4.69) is 25.7 Å². The van der Waals surface area contributed by atoms with Gasteiger partial charge >= 0.3 is 0 Å². The van der Waals surface area contributed by atoms with E-state index in [4.69, 9.17) is 0 Å². The van der Waals surface area contributed by atoms with Gasteiger partial charge in [-0.2, -0.15) is 20.1 Å². The highest BCUT2D eigenvalue weighted by Crippen LogP contribution is 2.21. The number of benzene rings is 1. The molecule has 4 aromatic rings. The summed E-state index contributed by atoms with van der Waals surface area (Å²) in [5.74, 6) is 0.216. The van der Waals surface area contributed by atoms with Gasteiger partial charge in [0, 0.05) is 24.2 Å². The molecule has 3 heterocycles. The van der Waals surface area contributed by atoms with Crippen molar-refractivity contribution < 1.29 is 4.79 Å². The lowest BCUT2D eigenvalue weighted by Gasteiger charge is -2.04. The molecule has 1 N–H and O–H groups in total. The van der Waals surface area contributed by atoms with Gasteiger partial charge in [0.2, 0.25) is 5.91 Å². The zero-order valence-corrected chi connectivity index (χ0v) is 15.6. The van der Waals surface area contributed by atoms with Crippen molar-refractivity contribution in [2.24, 2.45) is 0 Å². The largest absolute Gasteiger partial charge is 0.306 e. The number of anilines is 1. The van der Waals surface area contributed by atoms with Crippen LogP contribution in [0.25, 0.3) is 16.8 Å². The molecule has 0 aliphatic rings. The first-order valence-electron chi connectivity index (χ1n) is 8.93. The molecule has 1 amide bonds. The molecular weight excluding hydrogens is 356 g/mol. The average molecular weight is 376 g/mol. The van der Waals surface area contributed by atoms with Crippen LogP contribution in [0.5, 0.6) is 0 Å². The molecule has 0 radical (unpaired) electrons. The summed E-state index contributed by atoms with van der Waals surface area (Å²) in [6, 6.07) is 9.99. The van der Waals surface area contributed by atoms with Crippen LogP contribution in [0.15, 0.2) is 61.3 Å². The van der Waals surface area contributed by atoms with Gasteiger partial charge in [0.05, 0.1) is 24.1 Å². The molecule has 1 aromatic carbocycles. The fraction of sp³-hybridized carbons (Fsp3) is 0.211. The molecule has 0 fully saturated rings. The average Bonchev–Trinajstić information content (AvgIpc) is 3.43. The van der Waals surface area contributed by atoms with Crippen LogP contribution >= 0.6 is 0 Å². The van der Waals surface area contributed by atoms with Crippen molar-refractivity contribution in [3.05, 3.63) is 61.3 Å². The molecule has 9 nitrogen and oxygen atoms in total. The smallest absolute Gasteiger partial charge is 0.247 e. The Kier molecular flexibility index (Phi) is 4.71. The van der Waals surface area contributed by atoms with E-state index in [1.165, 1.54) is 6.20 Å². The maximum absolute atomic E-state index is 12.3. The second kappa shape index (κ2) is 7.47. The molecule has 3 aromatic heterocycles. The predicted molar refractivity (Wildman–Crippen MR) is 104 cm³/mol. The molecule has 0 spiro atoms. The number of rotatable bonds is 6. The van der Waals surface area contributed by atoms with E-state index >= 15 is 0 Å². The summed E-state index contributed by atoms with van der Waals surface area (Å²) < 4.78 is 3.39. The molecule has 0 unspecified atom stereocenters. The zero-order chi connectivity index (χ0) is 19.5. The Hall–Kier alpha value is -3.75. The van der Waals surface area contributed by atoms with Gasteiger partial charge in [0.1, 0.15) is 6.54 Å². The number of carbonyl (C=O) groups is 1. The second-order valence-corrected chi connectivity index (χ2v) is 6.62. The zero-order valence-electron chi connectivity index (χ0n) is 15.6. The lowest BCUT2D eigenvalue weighted by atomic mass is 10.1. The Bertz CT molecular complexity index is 1080. The Balaban J connectivity index is 1.44. The maximum atomic E-state index is 12.3. The first-order chi connectivity index (χ1) is 13.6. The van der Waals surface area contributed by atoms with Crippen LogP contribution in [-0.2, 0) is 11.3 Å². The SMILES string of the molecule is CC(C)n1ncc(NC(=O)Cn2cc(-c3cccc(-n4cccn4)c3)cn2)n1. The quantitative estimate of drug-likeness (QED) is 0.558. The minimum absolute atomic E-state index is 0.0907. The number of nitrogens with zero attached hydrogens (tertiary/aromatic N) is 7. The summed E-state index contributed by atoms with van der Waals surface area (Å²) >= 11 is 0. The minimum Gasteiger partial charge on any atom is -0.306 e. The van der Waals surface area contributed by atoms with Crippen molar-refractivity contribution in [3.63, 3.8) is 0 Å². The van der Waals surface area contributed by atoms with Crippen molar-refractivity contribution in [2.75, 3.05) is 5.32 Å². The molecule has 0 saturated heterocycles. The minimum atomic E-state index is -0.212. The van der Waals surface area contributed by atoms with Crippen LogP contribution in [-0.4, -0.2) is 40.5 Å². The highest BCUT2D eigenvalue weighted by Gasteiger charge is 2.10. The van der Waals surface area contributed by atoms with E-state index in [-0.39, 0.29) is 18.5 Å². The highest BCUT2D eigenvalue weighted by molar-refractivity contribution is 5.89. The number of nitrogens with one attached hydrogen (secondary N) is 1. The Morgan fingerprint density at radius 1 is 1.11 bits per heavy atom. The standard InChI is InChI=1S/C19H20N8O/c1-14(2)27-22-11-18(24-27)23-19(28)13-25-12-16(10-21-25)15-5-3-6-17(9-15)26-8-4-7-20-26/h3-12,14H,13H2,1-2H3,(H,23,24,28). The lowest BCUT2D eigenvalue weighted by molar-refractivity contribution is -0.116. The van der Waals surface area contributed by atoms with Gasteiger partial charge in [0.25, 0.3) is 0 Å². The van der Waals surface area contributed by atoms with Crippen LogP contribution in [0.2, 0.25) is 0 Å². The molecule has 4 rings (SSSR count). The van der Waals surface area contributed by atoms with Crippen LogP contribution in [0.1, 0.15) is 19.9 Å². The van der Waals surface area contributed by atoms with Gasteiger partial charge in [-0.15, -0.1) is 5.10 Å². The van der Waals surface area contributed by atoms with Gasteiger partial charge in [-0.1, -0.05) is 12.1 Å². The molecule has 0 aliphatic carbocycles. The first-order valence-corrected chi connectivity index (χ1v) is 8.93. The van der Waals surface area contributed by atoms with E-state index in [1.807, 2.05) is 56.6 Å². The third-order valence-electron chi connectivity index (χ3n) is 4.13. The van der Waals surface area contributed by atoms with Crippen molar-refractivity contribution in [1.82, 2.24) is 34.6 Å². The molecule has 0 aliphatic heterocycles. The first kappa shape index (κ1) is 17.7. The Morgan fingerprint density at radius 3 is 2.75 bits per heavy atom. The lowest BCUT2D eigenvalue weighted by Crippen LogP contribution is -2.19.